The Morgan fingerprint density at radius 1 is 1.21 bits per heavy atom. The van der Waals surface area contributed by atoms with Crippen molar-refractivity contribution in [2.45, 2.75) is 72.4 Å². The zero-order valence-electron chi connectivity index (χ0n) is 12.9. The average molecular weight is 266 g/mol. The lowest BCUT2D eigenvalue weighted by Gasteiger charge is -2.07. The van der Waals surface area contributed by atoms with Gasteiger partial charge >= 0.3 is 0 Å². The van der Waals surface area contributed by atoms with Gasteiger partial charge in [0.1, 0.15) is 12.2 Å². The van der Waals surface area contributed by atoms with E-state index in [2.05, 4.69) is 36.2 Å². The van der Waals surface area contributed by atoms with Gasteiger partial charge in [-0.15, -0.1) is 0 Å². The van der Waals surface area contributed by atoms with Crippen LogP contribution in [0.3, 0.4) is 0 Å². The highest BCUT2D eigenvalue weighted by Crippen LogP contribution is 2.09. The van der Waals surface area contributed by atoms with Crippen LogP contribution < -0.4 is 5.32 Å². The minimum atomic E-state index is 0.839. The van der Waals surface area contributed by atoms with Crippen LogP contribution in [-0.4, -0.2) is 21.3 Å². The van der Waals surface area contributed by atoms with Crippen molar-refractivity contribution in [3.63, 3.8) is 0 Å². The van der Waals surface area contributed by atoms with Gasteiger partial charge in [0, 0.05) is 6.54 Å². The summed E-state index contributed by atoms with van der Waals surface area (Å²) in [5.74, 6) is 1.91. The Kier molecular flexibility index (Phi) is 8.47. The van der Waals surface area contributed by atoms with Gasteiger partial charge in [-0.2, -0.15) is 5.10 Å². The van der Waals surface area contributed by atoms with Crippen molar-refractivity contribution in [3.05, 3.63) is 12.2 Å². The molecule has 1 N–H and O–H groups in total. The fourth-order valence-electron chi connectivity index (χ4n) is 2.18. The predicted octanol–water partition coefficient (Wildman–Crippen LogP) is 3.38. The summed E-state index contributed by atoms with van der Waals surface area (Å²) in [6.07, 6.45) is 9.47. The third-order valence-corrected chi connectivity index (χ3v) is 3.30. The lowest BCUT2D eigenvalue weighted by Crippen LogP contribution is -2.18. The maximum absolute atomic E-state index is 4.29. The van der Waals surface area contributed by atoms with Crippen molar-refractivity contribution >= 4 is 0 Å². The summed E-state index contributed by atoms with van der Waals surface area (Å²) in [5, 5.41) is 7.69. The molecule has 1 rings (SSSR count). The fraction of sp³-hybridized carbons (Fsp3) is 0.867. The van der Waals surface area contributed by atoms with Crippen LogP contribution in [0.2, 0.25) is 0 Å². The molecule has 0 unspecified atom stereocenters. The molecule has 0 radical (unpaired) electrons. The Bertz CT molecular complexity index is 320. The third-order valence-electron chi connectivity index (χ3n) is 3.30. The number of hydrogen-bond donors (Lipinski definition) is 1. The van der Waals surface area contributed by atoms with Crippen LogP contribution >= 0.6 is 0 Å². The molecule has 0 aliphatic rings. The topological polar surface area (TPSA) is 42.7 Å². The molecule has 4 heteroatoms. The van der Waals surface area contributed by atoms with Gasteiger partial charge in [-0.05, 0) is 25.3 Å². The minimum absolute atomic E-state index is 0.839. The monoisotopic (exact) mass is 266 g/mol. The standard InChI is InChI=1S/C15H30N4/c1-4-11-19-15(17-13-18-19)12-16-10-8-6-5-7-9-14(2)3/h13-14,16H,4-12H2,1-3H3. The second-order valence-electron chi connectivity index (χ2n) is 5.67. The molecule has 0 saturated heterocycles. The van der Waals surface area contributed by atoms with Crippen LogP contribution in [0.25, 0.3) is 0 Å². The maximum atomic E-state index is 4.29. The molecular weight excluding hydrogens is 236 g/mol. The maximum Gasteiger partial charge on any atom is 0.140 e. The first-order valence-corrected chi connectivity index (χ1v) is 7.81. The van der Waals surface area contributed by atoms with Gasteiger partial charge < -0.3 is 5.32 Å². The lowest BCUT2D eigenvalue weighted by atomic mass is 10.0. The molecule has 4 nitrogen and oxygen atoms in total. The Hall–Kier alpha value is -0.900. The summed E-state index contributed by atoms with van der Waals surface area (Å²) in [5.41, 5.74) is 0. The smallest absolute Gasteiger partial charge is 0.140 e. The number of nitrogens with one attached hydrogen (secondary N) is 1. The second kappa shape index (κ2) is 9.96. The molecule has 0 saturated carbocycles. The van der Waals surface area contributed by atoms with Crippen molar-refractivity contribution in [1.82, 2.24) is 20.1 Å². The minimum Gasteiger partial charge on any atom is -0.310 e. The molecule has 0 spiro atoms. The van der Waals surface area contributed by atoms with Crippen LogP contribution in [0.5, 0.6) is 0 Å². The molecule has 0 fully saturated rings. The van der Waals surface area contributed by atoms with Crippen molar-refractivity contribution in [1.29, 1.82) is 0 Å². The van der Waals surface area contributed by atoms with Crippen molar-refractivity contribution in [2.24, 2.45) is 5.92 Å². The van der Waals surface area contributed by atoms with Gasteiger partial charge in [-0.3, -0.25) is 0 Å². The van der Waals surface area contributed by atoms with Gasteiger partial charge in [0.15, 0.2) is 0 Å². The Balaban J connectivity index is 2.00. The number of hydrogen-bond acceptors (Lipinski definition) is 3. The van der Waals surface area contributed by atoms with Gasteiger partial charge in [0.25, 0.3) is 0 Å². The highest BCUT2D eigenvalue weighted by Gasteiger charge is 2.02. The number of nitrogens with zero attached hydrogens (tertiary/aromatic N) is 3. The van der Waals surface area contributed by atoms with Crippen LogP contribution in [0.15, 0.2) is 6.33 Å². The first-order valence-electron chi connectivity index (χ1n) is 7.81. The summed E-state index contributed by atoms with van der Waals surface area (Å²) in [6.45, 7) is 9.65. The highest BCUT2D eigenvalue weighted by atomic mass is 15.3. The molecule has 1 heterocycles. The van der Waals surface area contributed by atoms with Crippen molar-refractivity contribution in [3.8, 4) is 0 Å². The van der Waals surface area contributed by atoms with E-state index in [9.17, 15) is 0 Å². The zero-order valence-corrected chi connectivity index (χ0v) is 12.9. The molecule has 0 aliphatic carbocycles. The van der Waals surface area contributed by atoms with E-state index in [1.165, 1.54) is 32.1 Å². The quantitative estimate of drug-likeness (QED) is 0.624. The van der Waals surface area contributed by atoms with E-state index in [1.54, 1.807) is 6.33 Å². The van der Waals surface area contributed by atoms with E-state index in [1.807, 2.05) is 4.68 Å². The van der Waals surface area contributed by atoms with Crippen LogP contribution in [0.1, 0.15) is 65.1 Å². The van der Waals surface area contributed by atoms with E-state index in [0.29, 0.717) is 0 Å². The predicted molar refractivity (Wildman–Crippen MR) is 79.9 cm³/mol. The Labute approximate surface area is 118 Å². The van der Waals surface area contributed by atoms with Crippen LogP contribution in [0, 0.1) is 5.92 Å². The molecular formula is C15H30N4. The van der Waals surface area contributed by atoms with E-state index in [0.717, 1.165) is 37.8 Å². The van der Waals surface area contributed by atoms with E-state index in [4.69, 9.17) is 0 Å². The fourth-order valence-corrected chi connectivity index (χ4v) is 2.18. The van der Waals surface area contributed by atoms with Crippen molar-refractivity contribution < 1.29 is 0 Å². The molecule has 1 aromatic heterocycles. The van der Waals surface area contributed by atoms with Gasteiger partial charge in [-0.25, -0.2) is 9.67 Å². The van der Waals surface area contributed by atoms with E-state index < -0.39 is 0 Å². The normalized spacial score (nSPS) is 11.4. The first kappa shape index (κ1) is 16.2. The van der Waals surface area contributed by atoms with Gasteiger partial charge in [-0.1, -0.05) is 46.5 Å². The van der Waals surface area contributed by atoms with Gasteiger partial charge in [0.05, 0.1) is 6.54 Å². The summed E-state index contributed by atoms with van der Waals surface area (Å²) in [4.78, 5) is 4.29. The summed E-state index contributed by atoms with van der Waals surface area (Å²) in [7, 11) is 0. The highest BCUT2D eigenvalue weighted by molar-refractivity contribution is 4.83. The SMILES string of the molecule is CCCn1ncnc1CNCCCCCCC(C)C. The third kappa shape index (κ3) is 7.31. The molecule has 1 aromatic rings. The largest absolute Gasteiger partial charge is 0.310 e. The molecule has 0 bridgehead atoms. The number of aromatic nitrogens is 3. The van der Waals surface area contributed by atoms with Crippen LogP contribution in [-0.2, 0) is 13.1 Å². The summed E-state index contributed by atoms with van der Waals surface area (Å²) < 4.78 is 2.00. The lowest BCUT2D eigenvalue weighted by molar-refractivity contribution is 0.503. The summed E-state index contributed by atoms with van der Waals surface area (Å²) >= 11 is 0. The first-order chi connectivity index (χ1) is 9.24. The molecule has 110 valence electrons. The molecule has 0 atom stereocenters. The molecule has 0 amide bonds. The molecule has 0 aromatic carbocycles. The number of rotatable bonds is 11. The number of unbranched alkanes of at least 4 members (excludes halogenated alkanes) is 3. The number of aryl methyl sites for hydroxylation is 1. The molecule has 0 aliphatic heterocycles. The van der Waals surface area contributed by atoms with Crippen LogP contribution in [0.4, 0.5) is 0 Å². The molecule has 19 heavy (non-hydrogen) atoms. The average Bonchev–Trinajstić information content (AvgIpc) is 2.80. The Morgan fingerprint density at radius 2 is 2.00 bits per heavy atom. The van der Waals surface area contributed by atoms with Gasteiger partial charge in [0.2, 0.25) is 0 Å². The summed E-state index contributed by atoms with van der Waals surface area (Å²) in [6, 6.07) is 0. The van der Waals surface area contributed by atoms with Crippen molar-refractivity contribution in [2.75, 3.05) is 6.54 Å². The Morgan fingerprint density at radius 3 is 2.74 bits per heavy atom. The van der Waals surface area contributed by atoms with E-state index in [-0.39, 0.29) is 0 Å². The zero-order chi connectivity index (χ0) is 13.9. The second-order valence-corrected chi connectivity index (χ2v) is 5.67. The van der Waals surface area contributed by atoms with E-state index >= 15 is 0 Å².